The summed E-state index contributed by atoms with van der Waals surface area (Å²) in [6.45, 7) is 0. The molecule has 0 fully saturated rings. The summed E-state index contributed by atoms with van der Waals surface area (Å²) >= 11 is 0. The Labute approximate surface area is 71.1 Å². The molecule has 0 spiro atoms. The summed E-state index contributed by atoms with van der Waals surface area (Å²) in [5, 5.41) is 0. The molecular weight excluding hydrogens is 131 g/mol. The molecule has 0 N–H and O–H groups in total. The molecule has 10 heavy (non-hydrogen) atoms. The minimum Gasteiger partial charge on any atom is -1.00 e. The molecule has 0 bridgehead atoms. The van der Waals surface area contributed by atoms with Crippen molar-refractivity contribution in [1.82, 2.24) is 4.98 Å². The normalized spacial score (nSPS) is 9.10. The number of nitrogens with zero attached hydrogens (tertiary/aromatic N) is 1. The van der Waals surface area contributed by atoms with Gasteiger partial charge in [0.15, 0.2) is 0 Å². The van der Waals surface area contributed by atoms with Gasteiger partial charge in [-0.15, -0.1) is 0 Å². The quantitative estimate of drug-likeness (QED) is 0.459. The van der Waals surface area contributed by atoms with Crippen molar-refractivity contribution in [3.05, 3.63) is 30.1 Å². The maximum absolute atomic E-state index is 11.7. The molecule has 0 aliphatic carbocycles. The number of hydrogen-bond acceptors (Lipinski definition) is 1. The second-order valence-electron chi connectivity index (χ2n) is 1.56. The van der Waals surface area contributed by atoms with E-state index in [1.54, 1.807) is 6.07 Å². The molecule has 0 unspecified atom stereocenters. The van der Waals surface area contributed by atoms with Crippen LogP contribution in [0.1, 0.15) is 13.5 Å². The Morgan fingerprint density at radius 2 is 2.10 bits per heavy atom. The SMILES string of the molecule is FC(F)c1ccccn1.[H-].[Li+]. The van der Waals surface area contributed by atoms with Gasteiger partial charge in [-0.1, -0.05) is 6.07 Å². The molecule has 0 aliphatic heterocycles. The van der Waals surface area contributed by atoms with Gasteiger partial charge in [-0.25, -0.2) is 8.78 Å². The molecule has 4 heteroatoms. The van der Waals surface area contributed by atoms with Crippen molar-refractivity contribution >= 4 is 0 Å². The van der Waals surface area contributed by atoms with E-state index in [1.807, 2.05) is 0 Å². The molecule has 0 aromatic carbocycles. The van der Waals surface area contributed by atoms with Crippen molar-refractivity contribution in [2.75, 3.05) is 0 Å². The number of hydrogen-bond donors (Lipinski definition) is 0. The van der Waals surface area contributed by atoms with Gasteiger partial charge in [0, 0.05) is 6.20 Å². The third-order valence-electron chi connectivity index (χ3n) is 0.911. The number of rotatable bonds is 1. The zero-order chi connectivity index (χ0) is 6.69. The molecule has 0 radical (unpaired) electrons. The first-order valence-corrected chi connectivity index (χ1v) is 2.50. The second-order valence-corrected chi connectivity index (χ2v) is 1.56. The molecule has 0 saturated carbocycles. The van der Waals surface area contributed by atoms with E-state index >= 15 is 0 Å². The van der Waals surface area contributed by atoms with E-state index in [0.29, 0.717) is 0 Å². The van der Waals surface area contributed by atoms with Crippen LogP contribution < -0.4 is 18.9 Å². The summed E-state index contributed by atoms with van der Waals surface area (Å²) in [6, 6.07) is 4.44. The Balaban J connectivity index is 0. The summed E-state index contributed by atoms with van der Waals surface area (Å²) in [6.07, 6.45) is -1.10. The summed E-state index contributed by atoms with van der Waals surface area (Å²) in [7, 11) is 0. The van der Waals surface area contributed by atoms with Crippen LogP contribution in [0.4, 0.5) is 8.78 Å². The average molecular weight is 137 g/mol. The fourth-order valence-electron chi connectivity index (χ4n) is 0.505. The van der Waals surface area contributed by atoms with E-state index in [9.17, 15) is 8.78 Å². The zero-order valence-corrected chi connectivity index (χ0v) is 5.59. The number of aromatic nitrogens is 1. The molecule has 0 atom stereocenters. The Bertz CT molecular complexity index is 183. The van der Waals surface area contributed by atoms with Crippen LogP contribution in [0.2, 0.25) is 0 Å². The molecule has 0 saturated heterocycles. The van der Waals surface area contributed by atoms with Crippen molar-refractivity contribution in [2.24, 2.45) is 0 Å². The second kappa shape index (κ2) is 4.43. The molecular formula is C6H6F2LiN. The molecule has 50 valence electrons. The monoisotopic (exact) mass is 137 g/mol. The largest absolute Gasteiger partial charge is 1.00 e. The van der Waals surface area contributed by atoms with E-state index in [2.05, 4.69) is 4.98 Å². The van der Waals surface area contributed by atoms with Crippen LogP contribution in [0.15, 0.2) is 24.4 Å². The molecule has 1 nitrogen and oxygen atoms in total. The molecule has 0 amide bonds. The molecule has 1 heterocycles. The Morgan fingerprint density at radius 1 is 1.40 bits per heavy atom. The first kappa shape index (κ1) is 9.61. The topological polar surface area (TPSA) is 12.9 Å². The van der Waals surface area contributed by atoms with Crippen LogP contribution in [0, 0.1) is 0 Å². The molecule has 1 aromatic heterocycles. The van der Waals surface area contributed by atoms with Crippen LogP contribution in [0.5, 0.6) is 0 Å². The van der Waals surface area contributed by atoms with Crippen molar-refractivity contribution in [1.29, 1.82) is 0 Å². The Hall–Kier alpha value is -0.393. The standard InChI is InChI=1S/C6H5F2N.Li.H/c7-6(8)5-3-1-2-4-9-5;;/h1-4,6H;;/q;+1;-1. The molecule has 1 rings (SSSR count). The van der Waals surface area contributed by atoms with Gasteiger partial charge < -0.3 is 1.43 Å². The van der Waals surface area contributed by atoms with Crippen molar-refractivity contribution in [3.63, 3.8) is 0 Å². The van der Waals surface area contributed by atoms with Crippen LogP contribution in [0.3, 0.4) is 0 Å². The van der Waals surface area contributed by atoms with Gasteiger partial charge in [-0.3, -0.25) is 4.98 Å². The maximum Gasteiger partial charge on any atom is 1.00 e. The summed E-state index contributed by atoms with van der Waals surface area (Å²) < 4.78 is 23.4. The predicted octanol–water partition coefficient (Wildman–Crippen LogP) is -0.864. The third-order valence-corrected chi connectivity index (χ3v) is 0.911. The Morgan fingerprint density at radius 3 is 2.40 bits per heavy atom. The van der Waals surface area contributed by atoms with Gasteiger partial charge in [0.25, 0.3) is 6.43 Å². The first-order chi connectivity index (χ1) is 4.30. The number of halogens is 2. The third kappa shape index (κ3) is 2.47. The van der Waals surface area contributed by atoms with Crippen LogP contribution >= 0.6 is 0 Å². The molecule has 1 aromatic rings. The predicted molar refractivity (Wildman–Crippen MR) is 30.3 cm³/mol. The minimum absolute atomic E-state index is 0. The van der Waals surface area contributed by atoms with Gasteiger partial charge in [0.05, 0.1) is 0 Å². The van der Waals surface area contributed by atoms with E-state index < -0.39 is 6.43 Å². The Kier molecular flexibility index (Phi) is 4.25. The number of pyridine rings is 1. The van der Waals surface area contributed by atoms with Crippen LogP contribution in [-0.4, -0.2) is 4.98 Å². The van der Waals surface area contributed by atoms with Crippen molar-refractivity contribution < 1.29 is 29.1 Å². The van der Waals surface area contributed by atoms with Gasteiger partial charge >= 0.3 is 18.9 Å². The average Bonchev–Trinajstić information content (AvgIpc) is 1.90. The van der Waals surface area contributed by atoms with Gasteiger partial charge in [0.2, 0.25) is 0 Å². The van der Waals surface area contributed by atoms with Crippen LogP contribution in [-0.2, 0) is 0 Å². The summed E-state index contributed by atoms with van der Waals surface area (Å²) in [5.74, 6) is 0. The van der Waals surface area contributed by atoms with Crippen molar-refractivity contribution in [2.45, 2.75) is 6.43 Å². The first-order valence-electron chi connectivity index (χ1n) is 2.50. The van der Waals surface area contributed by atoms with Crippen molar-refractivity contribution in [3.8, 4) is 0 Å². The fraction of sp³-hybridized carbons (Fsp3) is 0.167. The van der Waals surface area contributed by atoms with Gasteiger partial charge in [-0.2, -0.15) is 0 Å². The van der Waals surface area contributed by atoms with Crippen LogP contribution in [0.25, 0.3) is 0 Å². The maximum atomic E-state index is 11.7. The van der Waals surface area contributed by atoms with Gasteiger partial charge in [-0.05, 0) is 12.1 Å². The zero-order valence-electron chi connectivity index (χ0n) is 6.59. The fourth-order valence-corrected chi connectivity index (χ4v) is 0.505. The van der Waals surface area contributed by atoms with E-state index in [4.69, 9.17) is 0 Å². The van der Waals surface area contributed by atoms with E-state index in [-0.39, 0.29) is 26.0 Å². The number of alkyl halides is 2. The van der Waals surface area contributed by atoms with E-state index in [1.165, 1.54) is 18.3 Å². The minimum atomic E-state index is -2.45. The van der Waals surface area contributed by atoms with E-state index in [0.717, 1.165) is 0 Å². The summed E-state index contributed by atoms with van der Waals surface area (Å²) in [4.78, 5) is 3.43. The van der Waals surface area contributed by atoms with Gasteiger partial charge in [0.1, 0.15) is 5.69 Å². The smallest absolute Gasteiger partial charge is 1.00 e. The molecule has 0 aliphatic rings. The summed E-state index contributed by atoms with van der Waals surface area (Å²) in [5.41, 5.74) is -0.169.